The van der Waals surface area contributed by atoms with Crippen LogP contribution in [0.4, 0.5) is 5.69 Å². The smallest absolute Gasteiger partial charge is 0.266 e. The molecule has 0 saturated carbocycles. The fourth-order valence-corrected chi connectivity index (χ4v) is 4.00. The van der Waals surface area contributed by atoms with Gasteiger partial charge in [-0.15, -0.1) is 0 Å². The first-order valence-electron chi connectivity index (χ1n) is 9.30. The van der Waals surface area contributed by atoms with Gasteiger partial charge in [0.2, 0.25) is 0 Å². The minimum Gasteiger partial charge on any atom is -0.496 e. The van der Waals surface area contributed by atoms with Crippen molar-refractivity contribution in [1.82, 2.24) is 0 Å². The molecule has 0 fully saturated rings. The van der Waals surface area contributed by atoms with Crippen LogP contribution in [0.2, 0.25) is 15.1 Å². The van der Waals surface area contributed by atoms with Gasteiger partial charge in [-0.3, -0.25) is 4.79 Å². The number of anilines is 1. The number of rotatable bonds is 6. The van der Waals surface area contributed by atoms with Gasteiger partial charge in [0, 0.05) is 27.2 Å². The van der Waals surface area contributed by atoms with Crippen molar-refractivity contribution >= 4 is 68.4 Å². The number of methoxy groups -OCH3 is 1. The standard InChI is InChI=1S/C24H16BrCl3N2O2/c1-32-23-10-14(9-21(27)18(23)11-15-4-2-3-5-19(15)25)8-16(13-29)24(31)30-17-6-7-20(26)22(28)12-17/h2-10,12H,11H2,1H3,(H,30,31)/b16-8+. The lowest BCUT2D eigenvalue weighted by Gasteiger charge is -2.13. The Morgan fingerprint density at radius 3 is 2.50 bits per heavy atom. The third-order valence-electron chi connectivity index (χ3n) is 4.58. The molecule has 0 bridgehead atoms. The summed E-state index contributed by atoms with van der Waals surface area (Å²) in [5.41, 5.74) is 2.73. The molecular formula is C24H16BrCl3N2O2. The van der Waals surface area contributed by atoms with E-state index >= 15 is 0 Å². The van der Waals surface area contributed by atoms with Gasteiger partial charge in [-0.1, -0.05) is 68.9 Å². The third-order valence-corrected chi connectivity index (χ3v) is 6.43. The fourth-order valence-electron chi connectivity index (χ4n) is 2.99. The monoisotopic (exact) mass is 548 g/mol. The number of nitrogens with zero attached hydrogens (tertiary/aromatic N) is 1. The lowest BCUT2D eigenvalue weighted by atomic mass is 10.0. The Labute approximate surface area is 209 Å². The summed E-state index contributed by atoms with van der Waals surface area (Å²) in [6.07, 6.45) is 2.00. The molecule has 162 valence electrons. The molecule has 3 rings (SSSR count). The van der Waals surface area contributed by atoms with Crippen molar-refractivity contribution in [2.24, 2.45) is 0 Å². The number of hydrogen-bond donors (Lipinski definition) is 1. The molecule has 0 spiro atoms. The normalized spacial score (nSPS) is 11.1. The Kier molecular flexibility index (Phi) is 8.22. The number of benzene rings is 3. The number of ether oxygens (including phenoxy) is 1. The van der Waals surface area contributed by atoms with Gasteiger partial charge in [0.15, 0.2) is 0 Å². The van der Waals surface area contributed by atoms with Gasteiger partial charge in [0.25, 0.3) is 5.91 Å². The van der Waals surface area contributed by atoms with Gasteiger partial charge < -0.3 is 10.1 Å². The highest BCUT2D eigenvalue weighted by Crippen LogP contribution is 2.33. The molecule has 0 aliphatic heterocycles. The Hall–Kier alpha value is -2.49. The van der Waals surface area contributed by atoms with Crippen molar-refractivity contribution in [1.29, 1.82) is 5.26 Å². The zero-order chi connectivity index (χ0) is 23.3. The lowest BCUT2D eigenvalue weighted by Crippen LogP contribution is -2.13. The minimum atomic E-state index is -0.585. The van der Waals surface area contributed by atoms with Crippen LogP contribution in [0.3, 0.4) is 0 Å². The van der Waals surface area contributed by atoms with Crippen molar-refractivity contribution in [3.8, 4) is 11.8 Å². The Morgan fingerprint density at radius 2 is 1.84 bits per heavy atom. The number of hydrogen-bond acceptors (Lipinski definition) is 3. The summed E-state index contributed by atoms with van der Waals surface area (Å²) in [6, 6.07) is 17.8. The van der Waals surface area contributed by atoms with Gasteiger partial charge in [0.05, 0.1) is 17.2 Å². The van der Waals surface area contributed by atoms with E-state index in [0.29, 0.717) is 38.5 Å². The predicted molar refractivity (Wildman–Crippen MR) is 134 cm³/mol. The molecule has 32 heavy (non-hydrogen) atoms. The van der Waals surface area contributed by atoms with Crippen LogP contribution in [-0.4, -0.2) is 13.0 Å². The molecule has 0 aliphatic carbocycles. The first-order chi connectivity index (χ1) is 15.3. The molecule has 1 N–H and O–H groups in total. The van der Waals surface area contributed by atoms with E-state index in [1.54, 1.807) is 31.4 Å². The molecule has 8 heteroatoms. The molecule has 3 aromatic carbocycles. The number of carbonyl (C=O) groups excluding carboxylic acids is 1. The Bertz CT molecular complexity index is 1250. The second kappa shape index (κ2) is 10.9. The largest absolute Gasteiger partial charge is 0.496 e. The number of nitrogens with one attached hydrogen (secondary N) is 1. The molecule has 0 atom stereocenters. The Morgan fingerprint density at radius 1 is 1.09 bits per heavy atom. The van der Waals surface area contributed by atoms with Crippen molar-refractivity contribution in [2.75, 3.05) is 12.4 Å². The van der Waals surface area contributed by atoms with E-state index in [9.17, 15) is 10.1 Å². The van der Waals surface area contributed by atoms with E-state index in [1.165, 1.54) is 12.1 Å². The summed E-state index contributed by atoms with van der Waals surface area (Å²) < 4.78 is 6.50. The summed E-state index contributed by atoms with van der Waals surface area (Å²) in [4.78, 5) is 12.6. The molecule has 0 aliphatic rings. The van der Waals surface area contributed by atoms with Crippen molar-refractivity contribution in [3.05, 3.63) is 96.4 Å². The van der Waals surface area contributed by atoms with Gasteiger partial charge in [-0.05, 0) is 53.6 Å². The molecule has 0 radical (unpaired) electrons. The van der Waals surface area contributed by atoms with Gasteiger partial charge in [-0.2, -0.15) is 5.26 Å². The summed E-state index contributed by atoms with van der Waals surface area (Å²) in [7, 11) is 1.55. The van der Waals surface area contributed by atoms with Crippen LogP contribution < -0.4 is 10.1 Å². The summed E-state index contributed by atoms with van der Waals surface area (Å²) in [6.45, 7) is 0. The number of carbonyl (C=O) groups is 1. The van der Waals surface area contributed by atoms with E-state index in [2.05, 4.69) is 21.2 Å². The number of nitriles is 1. The molecule has 0 aromatic heterocycles. The van der Waals surface area contributed by atoms with E-state index < -0.39 is 5.91 Å². The van der Waals surface area contributed by atoms with E-state index in [-0.39, 0.29) is 5.57 Å². The highest BCUT2D eigenvalue weighted by molar-refractivity contribution is 9.10. The van der Waals surface area contributed by atoms with Crippen LogP contribution in [0.25, 0.3) is 6.08 Å². The SMILES string of the molecule is COc1cc(/C=C(\C#N)C(=O)Nc2ccc(Cl)c(Cl)c2)cc(Cl)c1Cc1ccccc1Br. The minimum absolute atomic E-state index is 0.104. The van der Waals surface area contributed by atoms with E-state index in [1.807, 2.05) is 30.3 Å². The molecule has 0 heterocycles. The molecule has 0 saturated heterocycles. The second-order valence-corrected chi connectivity index (χ2v) is 8.78. The van der Waals surface area contributed by atoms with Crippen molar-refractivity contribution in [3.63, 3.8) is 0 Å². The summed E-state index contributed by atoms with van der Waals surface area (Å²) in [5.74, 6) is -0.0278. The van der Waals surface area contributed by atoms with E-state index in [0.717, 1.165) is 15.6 Å². The van der Waals surface area contributed by atoms with Crippen LogP contribution in [0, 0.1) is 11.3 Å². The van der Waals surface area contributed by atoms with Gasteiger partial charge >= 0.3 is 0 Å². The topological polar surface area (TPSA) is 62.1 Å². The predicted octanol–water partition coefficient (Wildman–Crippen LogP) is 7.55. The zero-order valence-corrected chi connectivity index (χ0v) is 20.6. The van der Waals surface area contributed by atoms with Gasteiger partial charge in [0.1, 0.15) is 17.4 Å². The van der Waals surface area contributed by atoms with Crippen LogP contribution in [-0.2, 0) is 11.2 Å². The number of amides is 1. The average molecular weight is 551 g/mol. The molecule has 1 amide bonds. The molecule has 4 nitrogen and oxygen atoms in total. The quantitative estimate of drug-likeness (QED) is 0.255. The van der Waals surface area contributed by atoms with Crippen LogP contribution in [0.5, 0.6) is 5.75 Å². The highest BCUT2D eigenvalue weighted by Gasteiger charge is 2.15. The lowest BCUT2D eigenvalue weighted by molar-refractivity contribution is -0.112. The third kappa shape index (κ3) is 5.85. The second-order valence-electron chi connectivity index (χ2n) is 6.70. The first kappa shape index (κ1) is 24.2. The summed E-state index contributed by atoms with van der Waals surface area (Å²) >= 11 is 22.0. The maximum absolute atomic E-state index is 12.6. The maximum atomic E-state index is 12.6. The average Bonchev–Trinajstić information content (AvgIpc) is 2.77. The molecule has 3 aromatic rings. The maximum Gasteiger partial charge on any atom is 0.266 e. The van der Waals surface area contributed by atoms with Crippen LogP contribution >= 0.6 is 50.7 Å². The van der Waals surface area contributed by atoms with E-state index in [4.69, 9.17) is 39.5 Å². The Balaban J connectivity index is 1.89. The van der Waals surface area contributed by atoms with Crippen LogP contribution in [0.15, 0.2) is 64.6 Å². The molecular weight excluding hydrogens is 535 g/mol. The summed E-state index contributed by atoms with van der Waals surface area (Å²) in [5, 5.41) is 13.3. The fraction of sp³-hybridized carbons (Fsp3) is 0.0833. The number of halogens is 4. The molecule has 0 unspecified atom stereocenters. The van der Waals surface area contributed by atoms with Crippen molar-refractivity contribution < 1.29 is 9.53 Å². The highest BCUT2D eigenvalue weighted by atomic mass is 79.9. The first-order valence-corrected chi connectivity index (χ1v) is 11.2. The van der Waals surface area contributed by atoms with Crippen molar-refractivity contribution in [2.45, 2.75) is 6.42 Å². The zero-order valence-electron chi connectivity index (χ0n) is 16.8. The van der Waals surface area contributed by atoms with Gasteiger partial charge in [-0.25, -0.2) is 0 Å². The van der Waals surface area contributed by atoms with Crippen LogP contribution in [0.1, 0.15) is 16.7 Å².